The first-order valence-electron chi connectivity index (χ1n) is 7.37. The van der Waals surface area contributed by atoms with Crippen molar-refractivity contribution in [1.29, 1.82) is 0 Å². The molecule has 1 aliphatic heterocycles. The van der Waals surface area contributed by atoms with Crippen LogP contribution in [0.25, 0.3) is 0 Å². The lowest BCUT2D eigenvalue weighted by Crippen LogP contribution is -2.20. The van der Waals surface area contributed by atoms with Gasteiger partial charge in [-0.3, -0.25) is 0 Å². The summed E-state index contributed by atoms with van der Waals surface area (Å²) >= 11 is 6.41. The van der Waals surface area contributed by atoms with E-state index in [-0.39, 0.29) is 0 Å². The topological polar surface area (TPSA) is 21.3 Å². The molecule has 0 radical (unpaired) electrons. The van der Waals surface area contributed by atoms with E-state index in [9.17, 15) is 0 Å². The Hall–Kier alpha value is -0.730. The van der Waals surface area contributed by atoms with Gasteiger partial charge in [0.25, 0.3) is 0 Å². The molecule has 1 aromatic carbocycles. The standard InChI is InChI=1S/C16H22ClNO/c1-11-7-14(13-5-6-18-9-13)16(15(17)8-11)19-10-12-3-2-4-12/h7-8,12-13,18H,2-6,9-10H2,1H3. The highest BCUT2D eigenvalue weighted by Crippen LogP contribution is 2.38. The number of hydrogen-bond acceptors (Lipinski definition) is 2. The summed E-state index contributed by atoms with van der Waals surface area (Å²) in [5.74, 6) is 2.23. The van der Waals surface area contributed by atoms with Crippen LogP contribution in [0.4, 0.5) is 0 Å². The van der Waals surface area contributed by atoms with Crippen molar-refractivity contribution in [1.82, 2.24) is 5.32 Å². The monoisotopic (exact) mass is 279 g/mol. The molecule has 2 aliphatic rings. The van der Waals surface area contributed by atoms with Crippen LogP contribution in [-0.2, 0) is 0 Å². The molecule has 0 aromatic heterocycles. The van der Waals surface area contributed by atoms with E-state index < -0.39 is 0 Å². The Morgan fingerprint density at radius 2 is 2.16 bits per heavy atom. The Morgan fingerprint density at radius 1 is 1.32 bits per heavy atom. The molecule has 1 saturated heterocycles. The van der Waals surface area contributed by atoms with Crippen LogP contribution in [-0.4, -0.2) is 19.7 Å². The van der Waals surface area contributed by atoms with Crippen molar-refractivity contribution in [2.45, 2.75) is 38.5 Å². The van der Waals surface area contributed by atoms with Crippen molar-refractivity contribution in [3.63, 3.8) is 0 Å². The summed E-state index contributed by atoms with van der Waals surface area (Å²) in [4.78, 5) is 0. The number of aryl methyl sites for hydroxylation is 1. The van der Waals surface area contributed by atoms with E-state index in [2.05, 4.69) is 18.3 Å². The Bertz CT molecular complexity index is 450. The Labute approximate surface area is 120 Å². The predicted molar refractivity (Wildman–Crippen MR) is 79.3 cm³/mol. The first-order chi connectivity index (χ1) is 9.24. The van der Waals surface area contributed by atoms with Gasteiger partial charge in [-0.25, -0.2) is 0 Å². The van der Waals surface area contributed by atoms with Crippen LogP contribution < -0.4 is 10.1 Å². The third-order valence-corrected chi connectivity index (χ3v) is 4.69. The largest absolute Gasteiger partial charge is 0.491 e. The average molecular weight is 280 g/mol. The molecule has 2 fully saturated rings. The summed E-state index contributed by atoms with van der Waals surface area (Å²) < 4.78 is 6.08. The molecule has 1 unspecified atom stereocenters. The van der Waals surface area contributed by atoms with Crippen molar-refractivity contribution in [3.8, 4) is 5.75 Å². The molecule has 19 heavy (non-hydrogen) atoms. The normalized spacial score (nSPS) is 23.4. The molecule has 2 nitrogen and oxygen atoms in total. The fourth-order valence-electron chi connectivity index (χ4n) is 2.99. The molecule has 0 spiro atoms. The fraction of sp³-hybridized carbons (Fsp3) is 0.625. The molecule has 104 valence electrons. The molecule has 1 atom stereocenters. The SMILES string of the molecule is Cc1cc(Cl)c(OCC2CCC2)c(C2CCNC2)c1. The molecule has 3 rings (SSSR count). The highest BCUT2D eigenvalue weighted by atomic mass is 35.5. The lowest BCUT2D eigenvalue weighted by atomic mass is 9.86. The lowest BCUT2D eigenvalue weighted by Gasteiger charge is -2.27. The van der Waals surface area contributed by atoms with Crippen LogP contribution in [0.1, 0.15) is 42.7 Å². The first kappa shape index (κ1) is 13.3. The molecule has 1 heterocycles. The van der Waals surface area contributed by atoms with E-state index in [0.717, 1.165) is 36.4 Å². The van der Waals surface area contributed by atoms with Crippen LogP contribution in [0.2, 0.25) is 5.02 Å². The van der Waals surface area contributed by atoms with E-state index in [1.807, 2.05) is 6.07 Å². The molecule has 1 saturated carbocycles. The summed E-state index contributed by atoms with van der Waals surface area (Å²) in [6.07, 6.45) is 5.15. The van der Waals surface area contributed by atoms with Gasteiger partial charge in [-0.2, -0.15) is 0 Å². The zero-order valence-corrected chi connectivity index (χ0v) is 12.3. The average Bonchev–Trinajstić information content (AvgIpc) is 2.82. The maximum atomic E-state index is 6.41. The molecule has 0 amide bonds. The lowest BCUT2D eigenvalue weighted by molar-refractivity contribution is 0.179. The highest BCUT2D eigenvalue weighted by molar-refractivity contribution is 6.32. The zero-order valence-electron chi connectivity index (χ0n) is 11.5. The van der Waals surface area contributed by atoms with Crippen molar-refractivity contribution in [2.24, 2.45) is 5.92 Å². The van der Waals surface area contributed by atoms with Gasteiger partial charge in [0.1, 0.15) is 5.75 Å². The second-order valence-electron chi connectivity index (χ2n) is 5.96. The second-order valence-corrected chi connectivity index (χ2v) is 6.37. The van der Waals surface area contributed by atoms with Crippen LogP contribution in [0.5, 0.6) is 5.75 Å². The van der Waals surface area contributed by atoms with Gasteiger partial charge < -0.3 is 10.1 Å². The fourth-order valence-corrected chi connectivity index (χ4v) is 3.33. The van der Waals surface area contributed by atoms with Crippen LogP contribution >= 0.6 is 11.6 Å². The minimum Gasteiger partial charge on any atom is -0.491 e. The Kier molecular flexibility index (Phi) is 3.99. The molecule has 0 bridgehead atoms. The molecular weight excluding hydrogens is 258 g/mol. The molecule has 1 N–H and O–H groups in total. The van der Waals surface area contributed by atoms with E-state index in [1.54, 1.807) is 0 Å². The second kappa shape index (κ2) is 5.72. The van der Waals surface area contributed by atoms with Crippen LogP contribution in [0.15, 0.2) is 12.1 Å². The Balaban J connectivity index is 1.81. The van der Waals surface area contributed by atoms with Gasteiger partial charge in [-0.15, -0.1) is 0 Å². The minimum absolute atomic E-state index is 0.550. The summed E-state index contributed by atoms with van der Waals surface area (Å²) in [5.41, 5.74) is 2.53. The number of nitrogens with one attached hydrogen (secondary N) is 1. The van der Waals surface area contributed by atoms with Crippen LogP contribution in [0.3, 0.4) is 0 Å². The zero-order chi connectivity index (χ0) is 13.2. The molecule has 1 aliphatic carbocycles. The van der Waals surface area contributed by atoms with Gasteiger partial charge in [0.15, 0.2) is 0 Å². The Morgan fingerprint density at radius 3 is 2.79 bits per heavy atom. The number of ether oxygens (including phenoxy) is 1. The van der Waals surface area contributed by atoms with E-state index in [0.29, 0.717) is 5.92 Å². The van der Waals surface area contributed by atoms with E-state index >= 15 is 0 Å². The van der Waals surface area contributed by atoms with Gasteiger partial charge in [0.2, 0.25) is 0 Å². The third-order valence-electron chi connectivity index (χ3n) is 4.40. The van der Waals surface area contributed by atoms with Gasteiger partial charge in [-0.1, -0.05) is 24.1 Å². The maximum absolute atomic E-state index is 6.41. The number of hydrogen-bond donors (Lipinski definition) is 1. The van der Waals surface area contributed by atoms with Crippen molar-refractivity contribution in [2.75, 3.05) is 19.7 Å². The minimum atomic E-state index is 0.550. The summed E-state index contributed by atoms with van der Waals surface area (Å²) in [6, 6.07) is 4.27. The van der Waals surface area contributed by atoms with E-state index in [4.69, 9.17) is 16.3 Å². The van der Waals surface area contributed by atoms with Crippen LogP contribution in [0, 0.1) is 12.8 Å². The summed E-state index contributed by atoms with van der Waals surface area (Å²) in [5, 5.41) is 4.20. The molecule has 1 aromatic rings. The first-order valence-corrected chi connectivity index (χ1v) is 7.75. The van der Waals surface area contributed by atoms with Crippen molar-refractivity contribution >= 4 is 11.6 Å². The summed E-state index contributed by atoms with van der Waals surface area (Å²) in [7, 11) is 0. The summed E-state index contributed by atoms with van der Waals surface area (Å²) in [6.45, 7) is 5.07. The third kappa shape index (κ3) is 2.90. The number of halogens is 1. The molecule has 3 heteroatoms. The van der Waals surface area contributed by atoms with Gasteiger partial charge in [0.05, 0.1) is 11.6 Å². The number of benzene rings is 1. The smallest absolute Gasteiger partial charge is 0.141 e. The highest BCUT2D eigenvalue weighted by Gasteiger charge is 2.24. The van der Waals surface area contributed by atoms with Gasteiger partial charge in [0, 0.05) is 18.0 Å². The van der Waals surface area contributed by atoms with Crippen molar-refractivity contribution < 1.29 is 4.74 Å². The predicted octanol–water partition coefficient (Wildman–Crippen LogP) is 3.90. The van der Waals surface area contributed by atoms with E-state index in [1.165, 1.54) is 36.8 Å². The quantitative estimate of drug-likeness (QED) is 0.902. The molecular formula is C16H22ClNO. The maximum Gasteiger partial charge on any atom is 0.141 e. The number of rotatable bonds is 4. The van der Waals surface area contributed by atoms with Crippen molar-refractivity contribution in [3.05, 3.63) is 28.3 Å². The van der Waals surface area contributed by atoms with Gasteiger partial charge >= 0.3 is 0 Å². The van der Waals surface area contributed by atoms with Gasteiger partial charge in [-0.05, 0) is 50.3 Å².